The fourth-order valence-corrected chi connectivity index (χ4v) is 4.30. The molecular formula is C8H13NO4S. The van der Waals surface area contributed by atoms with E-state index in [9.17, 15) is 13.2 Å². The summed E-state index contributed by atoms with van der Waals surface area (Å²) in [7, 11) is -3.01. The summed E-state index contributed by atoms with van der Waals surface area (Å²) in [5, 5.41) is 12.1. The molecular weight excluding hydrogens is 206 g/mol. The lowest BCUT2D eigenvalue weighted by Gasteiger charge is -2.34. The molecule has 0 aromatic carbocycles. The Bertz CT molecular complexity index is 364. The zero-order valence-electron chi connectivity index (χ0n) is 7.69. The Morgan fingerprint density at radius 3 is 2.86 bits per heavy atom. The maximum atomic E-state index is 11.3. The molecule has 6 heteroatoms. The van der Waals surface area contributed by atoms with Gasteiger partial charge < -0.3 is 10.4 Å². The minimum atomic E-state index is -3.01. The van der Waals surface area contributed by atoms with Gasteiger partial charge in [0.2, 0.25) is 0 Å². The minimum Gasteiger partial charge on any atom is -0.481 e. The summed E-state index contributed by atoms with van der Waals surface area (Å²) >= 11 is 0. The van der Waals surface area contributed by atoms with Crippen molar-refractivity contribution in [1.29, 1.82) is 0 Å². The molecule has 2 saturated heterocycles. The van der Waals surface area contributed by atoms with Crippen LogP contribution in [0.4, 0.5) is 0 Å². The largest absolute Gasteiger partial charge is 0.481 e. The van der Waals surface area contributed by atoms with Crippen molar-refractivity contribution in [2.75, 3.05) is 24.6 Å². The van der Waals surface area contributed by atoms with E-state index in [1.54, 1.807) is 0 Å². The van der Waals surface area contributed by atoms with E-state index in [0.717, 1.165) is 0 Å². The molecule has 14 heavy (non-hydrogen) atoms. The van der Waals surface area contributed by atoms with E-state index in [1.807, 2.05) is 0 Å². The van der Waals surface area contributed by atoms with Gasteiger partial charge in [0.1, 0.15) is 0 Å². The highest BCUT2D eigenvalue weighted by Crippen LogP contribution is 2.40. The molecule has 0 aliphatic carbocycles. The van der Waals surface area contributed by atoms with Crippen LogP contribution in [0, 0.1) is 11.3 Å². The molecule has 0 aromatic rings. The van der Waals surface area contributed by atoms with Crippen LogP contribution in [-0.2, 0) is 14.6 Å². The van der Waals surface area contributed by atoms with Gasteiger partial charge in [-0.15, -0.1) is 0 Å². The lowest BCUT2D eigenvalue weighted by molar-refractivity contribution is -0.150. The van der Waals surface area contributed by atoms with E-state index in [2.05, 4.69) is 5.32 Å². The van der Waals surface area contributed by atoms with Gasteiger partial charge in [-0.25, -0.2) is 8.42 Å². The summed E-state index contributed by atoms with van der Waals surface area (Å²) in [5.74, 6) is -1.08. The van der Waals surface area contributed by atoms with Crippen LogP contribution >= 0.6 is 0 Å². The Kier molecular flexibility index (Phi) is 2.08. The van der Waals surface area contributed by atoms with Crippen LogP contribution in [0.15, 0.2) is 0 Å². The monoisotopic (exact) mass is 219 g/mol. The Hall–Kier alpha value is -0.620. The number of carboxylic acids is 1. The molecule has 0 aromatic heterocycles. The molecule has 2 N–H and O–H groups in total. The van der Waals surface area contributed by atoms with Crippen molar-refractivity contribution in [1.82, 2.24) is 5.32 Å². The normalized spacial score (nSPS) is 40.4. The van der Waals surface area contributed by atoms with Crippen molar-refractivity contribution in [3.63, 3.8) is 0 Å². The van der Waals surface area contributed by atoms with Crippen LogP contribution < -0.4 is 5.32 Å². The van der Waals surface area contributed by atoms with Gasteiger partial charge in [0.05, 0.1) is 16.9 Å². The van der Waals surface area contributed by atoms with E-state index in [4.69, 9.17) is 5.11 Å². The zero-order chi connectivity index (χ0) is 10.4. The first-order valence-corrected chi connectivity index (χ1v) is 6.43. The third-order valence-corrected chi connectivity index (χ3v) is 5.09. The summed E-state index contributed by atoms with van der Waals surface area (Å²) in [4.78, 5) is 11.1. The van der Waals surface area contributed by atoms with Crippen molar-refractivity contribution in [3.8, 4) is 0 Å². The van der Waals surface area contributed by atoms with Crippen molar-refractivity contribution in [2.45, 2.75) is 6.42 Å². The highest BCUT2D eigenvalue weighted by Gasteiger charge is 2.53. The molecule has 2 unspecified atom stereocenters. The fraction of sp³-hybridized carbons (Fsp3) is 0.875. The average Bonchev–Trinajstić information content (AvgIpc) is 2.46. The van der Waals surface area contributed by atoms with Crippen molar-refractivity contribution in [2.24, 2.45) is 11.3 Å². The third-order valence-electron chi connectivity index (χ3n) is 3.35. The Morgan fingerprint density at radius 2 is 2.21 bits per heavy atom. The Labute approximate surface area is 82.4 Å². The average molecular weight is 219 g/mol. The van der Waals surface area contributed by atoms with Gasteiger partial charge in [0.15, 0.2) is 9.84 Å². The highest BCUT2D eigenvalue weighted by atomic mass is 32.2. The summed E-state index contributed by atoms with van der Waals surface area (Å²) in [6.07, 6.45) is 0.252. The van der Waals surface area contributed by atoms with Crippen LogP contribution in [0.1, 0.15) is 6.42 Å². The van der Waals surface area contributed by atoms with Crippen molar-refractivity contribution < 1.29 is 18.3 Å². The van der Waals surface area contributed by atoms with E-state index in [-0.39, 0.29) is 23.8 Å². The summed E-state index contributed by atoms with van der Waals surface area (Å²) in [5.41, 5.74) is -0.828. The molecule has 0 spiro atoms. The Balaban J connectivity index is 2.32. The number of rotatable bonds is 1. The molecule has 2 rings (SSSR count). The zero-order valence-corrected chi connectivity index (χ0v) is 8.51. The van der Waals surface area contributed by atoms with E-state index in [0.29, 0.717) is 13.1 Å². The molecule has 0 bridgehead atoms. The van der Waals surface area contributed by atoms with Crippen LogP contribution in [0.2, 0.25) is 0 Å². The maximum Gasteiger partial charge on any atom is 0.311 e. The quantitative estimate of drug-likeness (QED) is 0.597. The number of hydrogen-bond donors (Lipinski definition) is 2. The smallest absolute Gasteiger partial charge is 0.311 e. The standard InChI is InChI=1S/C8H13NO4S/c10-7(11)8-1-2-14(12,13)4-6(8)3-9-5-8/h6,9H,1-5H2,(H,10,11). The van der Waals surface area contributed by atoms with Gasteiger partial charge in [-0.05, 0) is 6.42 Å². The number of aliphatic carboxylic acids is 1. The van der Waals surface area contributed by atoms with Gasteiger partial charge in [0, 0.05) is 19.0 Å². The first kappa shape index (κ1) is 9.92. The molecule has 2 aliphatic rings. The van der Waals surface area contributed by atoms with Gasteiger partial charge in [-0.3, -0.25) is 4.79 Å². The predicted octanol–water partition coefficient (Wildman–Crippen LogP) is -0.905. The van der Waals surface area contributed by atoms with Gasteiger partial charge >= 0.3 is 5.97 Å². The number of carbonyl (C=O) groups is 1. The first-order chi connectivity index (χ1) is 6.46. The maximum absolute atomic E-state index is 11.3. The molecule has 2 heterocycles. The minimum absolute atomic E-state index is 0.0114. The second-order valence-electron chi connectivity index (χ2n) is 4.15. The molecule has 5 nitrogen and oxygen atoms in total. The summed E-state index contributed by atoms with van der Waals surface area (Å²) in [6, 6.07) is 0. The lowest BCUT2D eigenvalue weighted by Crippen LogP contribution is -2.47. The van der Waals surface area contributed by atoms with Gasteiger partial charge in [-0.2, -0.15) is 0 Å². The van der Waals surface area contributed by atoms with Gasteiger partial charge in [-0.1, -0.05) is 0 Å². The van der Waals surface area contributed by atoms with E-state index in [1.165, 1.54) is 0 Å². The number of carboxylic acid groups (broad SMARTS) is 1. The van der Waals surface area contributed by atoms with Crippen LogP contribution in [-0.4, -0.2) is 44.1 Å². The van der Waals surface area contributed by atoms with Crippen molar-refractivity contribution >= 4 is 15.8 Å². The molecule has 2 fully saturated rings. The topological polar surface area (TPSA) is 83.5 Å². The molecule has 2 aliphatic heterocycles. The fourth-order valence-electron chi connectivity index (χ4n) is 2.40. The molecule has 0 amide bonds. The van der Waals surface area contributed by atoms with Crippen LogP contribution in [0.3, 0.4) is 0 Å². The molecule has 2 atom stereocenters. The second kappa shape index (κ2) is 2.93. The molecule has 80 valence electrons. The van der Waals surface area contributed by atoms with Gasteiger partial charge in [0.25, 0.3) is 0 Å². The Morgan fingerprint density at radius 1 is 1.50 bits per heavy atom. The van der Waals surface area contributed by atoms with Crippen LogP contribution in [0.25, 0.3) is 0 Å². The van der Waals surface area contributed by atoms with Crippen molar-refractivity contribution in [3.05, 3.63) is 0 Å². The molecule has 0 radical (unpaired) electrons. The van der Waals surface area contributed by atoms with E-state index >= 15 is 0 Å². The third kappa shape index (κ3) is 1.33. The number of hydrogen-bond acceptors (Lipinski definition) is 4. The summed E-state index contributed by atoms with van der Waals surface area (Å²) in [6.45, 7) is 0.911. The second-order valence-corrected chi connectivity index (χ2v) is 6.38. The summed E-state index contributed by atoms with van der Waals surface area (Å²) < 4.78 is 22.7. The predicted molar refractivity (Wildman–Crippen MR) is 49.7 cm³/mol. The lowest BCUT2D eigenvalue weighted by atomic mass is 9.76. The highest BCUT2D eigenvalue weighted by molar-refractivity contribution is 7.91. The molecule has 0 saturated carbocycles. The first-order valence-electron chi connectivity index (χ1n) is 4.61. The van der Waals surface area contributed by atoms with E-state index < -0.39 is 21.2 Å². The SMILES string of the molecule is O=C(O)C12CCS(=O)(=O)CC1CNC2. The number of fused-ring (bicyclic) bond motifs is 1. The number of nitrogens with one attached hydrogen (secondary N) is 1. The van der Waals surface area contributed by atoms with Crippen LogP contribution in [0.5, 0.6) is 0 Å². The number of sulfone groups is 1.